The summed E-state index contributed by atoms with van der Waals surface area (Å²) in [6.07, 6.45) is 11.0. The third-order valence-corrected chi connectivity index (χ3v) is 5.57. The van der Waals surface area contributed by atoms with E-state index in [1.807, 2.05) is 12.3 Å². The minimum Gasteiger partial charge on any atom is -0.352 e. The van der Waals surface area contributed by atoms with Crippen molar-refractivity contribution in [2.45, 2.75) is 50.9 Å². The molecule has 0 spiro atoms. The number of aromatic nitrogens is 3. The second kappa shape index (κ2) is 9.98. The molecule has 152 valence electrons. The zero-order valence-corrected chi connectivity index (χ0v) is 16.8. The molecule has 2 fully saturated rings. The smallest absolute Gasteiger partial charge is 0.252 e. The zero-order chi connectivity index (χ0) is 18.5. The van der Waals surface area contributed by atoms with Gasteiger partial charge in [-0.1, -0.05) is 18.0 Å². The molecule has 3 heterocycles. The summed E-state index contributed by atoms with van der Waals surface area (Å²) in [4.78, 5) is 21.1. The Balaban J connectivity index is 0.00000225. The molecule has 1 unspecified atom stereocenters. The van der Waals surface area contributed by atoms with Gasteiger partial charge in [-0.25, -0.2) is 0 Å². The van der Waals surface area contributed by atoms with Crippen LogP contribution in [0.2, 0.25) is 0 Å². The Hall–Kier alpha value is -1.99. The summed E-state index contributed by atoms with van der Waals surface area (Å²) in [7, 11) is 0. The van der Waals surface area contributed by atoms with E-state index in [-0.39, 0.29) is 18.3 Å². The Morgan fingerprint density at radius 1 is 1.25 bits per heavy atom. The van der Waals surface area contributed by atoms with E-state index in [0.29, 0.717) is 36.2 Å². The van der Waals surface area contributed by atoms with Gasteiger partial charge in [0.05, 0.1) is 5.56 Å². The number of halogens is 1. The highest BCUT2D eigenvalue weighted by Gasteiger charge is 2.23. The maximum absolute atomic E-state index is 12.4. The third-order valence-electron chi connectivity index (χ3n) is 5.57. The van der Waals surface area contributed by atoms with Crippen molar-refractivity contribution in [3.8, 4) is 0 Å². The van der Waals surface area contributed by atoms with E-state index in [2.05, 4.69) is 25.8 Å². The van der Waals surface area contributed by atoms with Crippen LogP contribution in [0.25, 0.3) is 0 Å². The van der Waals surface area contributed by atoms with Crippen LogP contribution >= 0.6 is 12.4 Å². The van der Waals surface area contributed by atoms with E-state index in [0.717, 1.165) is 43.8 Å². The first-order valence-electron chi connectivity index (χ1n) is 10.0. The average molecular weight is 406 g/mol. The normalized spacial score (nSPS) is 19.5. The summed E-state index contributed by atoms with van der Waals surface area (Å²) in [6.45, 7) is 2.61. The molecule has 1 aliphatic carbocycles. The number of rotatable bonds is 7. The van der Waals surface area contributed by atoms with Gasteiger partial charge >= 0.3 is 0 Å². The molecule has 1 saturated heterocycles. The van der Waals surface area contributed by atoms with Crippen molar-refractivity contribution in [2.75, 3.05) is 19.6 Å². The molecule has 7 nitrogen and oxygen atoms in total. The van der Waals surface area contributed by atoms with Crippen LogP contribution in [-0.2, 0) is 12.8 Å². The molecule has 4 rings (SSSR count). The number of hydrogen-bond donors (Lipinski definition) is 2. The van der Waals surface area contributed by atoms with Crippen LogP contribution in [0.5, 0.6) is 0 Å². The van der Waals surface area contributed by atoms with Crippen LogP contribution in [0.4, 0.5) is 0 Å². The summed E-state index contributed by atoms with van der Waals surface area (Å²) in [6, 6.07) is 1.95. The van der Waals surface area contributed by atoms with Crippen molar-refractivity contribution in [1.82, 2.24) is 25.8 Å². The molecule has 0 bridgehead atoms. The number of carbonyl (C=O) groups is 1. The van der Waals surface area contributed by atoms with Gasteiger partial charge in [0, 0.05) is 31.3 Å². The number of hydrogen-bond acceptors (Lipinski definition) is 6. The second-order valence-electron chi connectivity index (χ2n) is 7.68. The molecule has 1 atom stereocenters. The van der Waals surface area contributed by atoms with Crippen LogP contribution in [0.3, 0.4) is 0 Å². The fourth-order valence-corrected chi connectivity index (χ4v) is 4.04. The highest BCUT2D eigenvalue weighted by atomic mass is 35.5. The first-order valence-corrected chi connectivity index (χ1v) is 10.0. The summed E-state index contributed by atoms with van der Waals surface area (Å²) in [5.41, 5.74) is 1.73. The van der Waals surface area contributed by atoms with Crippen molar-refractivity contribution in [2.24, 2.45) is 5.92 Å². The molecule has 1 saturated carbocycles. The fourth-order valence-electron chi connectivity index (χ4n) is 4.04. The quantitative estimate of drug-likeness (QED) is 0.735. The van der Waals surface area contributed by atoms with Crippen molar-refractivity contribution >= 4 is 18.3 Å². The number of carbonyl (C=O) groups excluding carboxylic acids is 1. The van der Waals surface area contributed by atoms with Crippen molar-refractivity contribution in [3.63, 3.8) is 0 Å². The van der Waals surface area contributed by atoms with Gasteiger partial charge < -0.3 is 15.2 Å². The van der Waals surface area contributed by atoms with Gasteiger partial charge in [0.2, 0.25) is 5.89 Å². The molecule has 8 heteroatoms. The monoisotopic (exact) mass is 405 g/mol. The van der Waals surface area contributed by atoms with Crippen molar-refractivity contribution in [3.05, 3.63) is 41.3 Å². The number of nitrogens with zero attached hydrogens (tertiary/aromatic N) is 3. The van der Waals surface area contributed by atoms with Gasteiger partial charge in [-0.05, 0) is 56.3 Å². The van der Waals surface area contributed by atoms with Gasteiger partial charge in [0.25, 0.3) is 5.91 Å². The molecule has 0 radical (unpaired) electrons. The van der Waals surface area contributed by atoms with Crippen LogP contribution in [-0.4, -0.2) is 40.7 Å². The van der Waals surface area contributed by atoms with E-state index in [4.69, 9.17) is 4.52 Å². The highest BCUT2D eigenvalue weighted by Crippen LogP contribution is 2.32. The van der Waals surface area contributed by atoms with E-state index >= 15 is 0 Å². The van der Waals surface area contributed by atoms with Crippen molar-refractivity contribution < 1.29 is 9.32 Å². The maximum Gasteiger partial charge on any atom is 0.252 e. The predicted octanol–water partition coefficient (Wildman–Crippen LogP) is 2.67. The minimum atomic E-state index is -0.103. The van der Waals surface area contributed by atoms with Gasteiger partial charge in [0.15, 0.2) is 5.82 Å². The van der Waals surface area contributed by atoms with E-state index < -0.39 is 0 Å². The van der Waals surface area contributed by atoms with Gasteiger partial charge in [-0.15, -0.1) is 12.4 Å². The van der Waals surface area contributed by atoms with E-state index in [1.54, 1.807) is 6.20 Å². The van der Waals surface area contributed by atoms with Crippen LogP contribution in [0.15, 0.2) is 23.0 Å². The first-order chi connectivity index (χ1) is 13.3. The van der Waals surface area contributed by atoms with E-state index in [1.165, 1.54) is 19.3 Å². The molecule has 2 N–H and O–H groups in total. The Kier molecular flexibility index (Phi) is 7.39. The lowest BCUT2D eigenvalue weighted by Crippen LogP contribution is -2.26. The molecular weight excluding hydrogens is 378 g/mol. The van der Waals surface area contributed by atoms with Crippen molar-refractivity contribution in [1.29, 1.82) is 0 Å². The Bertz CT molecular complexity index is 769. The largest absolute Gasteiger partial charge is 0.352 e. The summed E-state index contributed by atoms with van der Waals surface area (Å²) in [5, 5.41) is 10.4. The summed E-state index contributed by atoms with van der Waals surface area (Å²) >= 11 is 0. The first kappa shape index (κ1) is 20.7. The zero-order valence-electron chi connectivity index (χ0n) is 16.0. The molecule has 2 aliphatic rings. The molecule has 28 heavy (non-hydrogen) atoms. The Morgan fingerprint density at radius 3 is 2.89 bits per heavy atom. The molecule has 1 aliphatic heterocycles. The van der Waals surface area contributed by atoms with Gasteiger partial charge in [-0.3, -0.25) is 9.78 Å². The minimum absolute atomic E-state index is 0. The van der Waals surface area contributed by atoms with Gasteiger partial charge in [-0.2, -0.15) is 4.98 Å². The SMILES string of the molecule is Cl.O=C(NCCc1noc(C2CCCC2)n1)c1cncc(CC2CCNC2)c1. The number of pyridine rings is 1. The van der Waals surface area contributed by atoms with Crippen LogP contribution < -0.4 is 10.6 Å². The predicted molar refractivity (Wildman–Crippen MR) is 108 cm³/mol. The van der Waals surface area contributed by atoms with Gasteiger partial charge in [0.1, 0.15) is 0 Å². The summed E-state index contributed by atoms with van der Waals surface area (Å²) in [5.74, 6) is 2.38. The van der Waals surface area contributed by atoms with Crippen LogP contribution in [0.1, 0.15) is 65.7 Å². The van der Waals surface area contributed by atoms with E-state index in [9.17, 15) is 4.79 Å². The van der Waals surface area contributed by atoms with Crippen LogP contribution in [0, 0.1) is 5.92 Å². The number of nitrogens with one attached hydrogen (secondary N) is 2. The molecule has 2 aromatic heterocycles. The Morgan fingerprint density at radius 2 is 2.11 bits per heavy atom. The second-order valence-corrected chi connectivity index (χ2v) is 7.68. The fraction of sp³-hybridized carbons (Fsp3) is 0.600. The topological polar surface area (TPSA) is 92.9 Å². The lowest BCUT2D eigenvalue weighted by atomic mass is 9.99. The molecule has 0 aromatic carbocycles. The summed E-state index contributed by atoms with van der Waals surface area (Å²) < 4.78 is 5.38. The average Bonchev–Trinajstić information content (AvgIpc) is 3.44. The lowest BCUT2D eigenvalue weighted by molar-refractivity contribution is 0.0953. The molecule has 1 amide bonds. The standard InChI is InChI=1S/C20H27N5O2.ClH/c26-19(17-10-15(12-22-13-17)9-14-5-7-21-11-14)23-8-6-18-24-20(27-25-18)16-3-1-2-4-16;/h10,12-14,16,21H,1-9,11H2,(H,23,26);1H. The lowest BCUT2D eigenvalue weighted by Gasteiger charge is -2.09. The molecular formula is C20H28ClN5O2. The molecule has 2 aromatic rings. The highest BCUT2D eigenvalue weighted by molar-refractivity contribution is 5.94. The Labute approximate surface area is 171 Å². The number of amides is 1. The third kappa shape index (κ3) is 5.29. The maximum atomic E-state index is 12.4.